The average Bonchev–Trinajstić information content (AvgIpc) is 2.85. The number of hydrogen-bond donors (Lipinski definition) is 0. The van der Waals surface area contributed by atoms with E-state index in [-0.39, 0.29) is 11.8 Å². The van der Waals surface area contributed by atoms with E-state index in [9.17, 15) is 18.0 Å². The highest BCUT2D eigenvalue weighted by atomic mass is 19.4. The Morgan fingerprint density at radius 2 is 1.93 bits per heavy atom. The van der Waals surface area contributed by atoms with Gasteiger partial charge in [0.05, 0.1) is 12.6 Å². The van der Waals surface area contributed by atoms with Crippen LogP contribution in [0.2, 0.25) is 0 Å². The number of Topliss-reactive ketones (excluding diaryl/α,β-unsaturated/α-hetero) is 1. The molecule has 0 heterocycles. The largest absolute Gasteiger partial charge is 0.401 e. The van der Waals surface area contributed by atoms with Gasteiger partial charge in [-0.2, -0.15) is 13.2 Å². The fourth-order valence-electron chi connectivity index (χ4n) is 2.25. The van der Waals surface area contributed by atoms with Gasteiger partial charge in [-0.05, 0) is 25.7 Å². The van der Waals surface area contributed by atoms with Gasteiger partial charge in [0.25, 0.3) is 0 Å². The Hall–Kier alpha value is -0.580. The Balaban J connectivity index is 2.02. The van der Waals surface area contributed by atoms with Crippen molar-refractivity contribution in [3.8, 4) is 0 Å². The molecule has 0 spiro atoms. The molecule has 0 aliphatic heterocycles. The monoisotopic (exact) mass is 221 g/mol. The van der Waals surface area contributed by atoms with Gasteiger partial charge in [0.2, 0.25) is 0 Å². The number of nitrogens with zero attached hydrogens (tertiary/aromatic N) is 1. The lowest BCUT2D eigenvalue weighted by Crippen LogP contribution is -2.45. The number of carbonyl (C=O) groups excluding carboxylic acids is 1. The van der Waals surface area contributed by atoms with Gasteiger partial charge in [-0.25, -0.2) is 0 Å². The first-order chi connectivity index (χ1) is 6.97. The summed E-state index contributed by atoms with van der Waals surface area (Å²) in [4.78, 5) is 12.8. The zero-order valence-corrected chi connectivity index (χ0v) is 8.39. The molecular weight excluding hydrogens is 207 g/mol. The Morgan fingerprint density at radius 1 is 1.27 bits per heavy atom. The molecule has 2 aliphatic rings. The Morgan fingerprint density at radius 3 is 2.33 bits per heavy atom. The van der Waals surface area contributed by atoms with Crippen LogP contribution in [0.15, 0.2) is 0 Å². The van der Waals surface area contributed by atoms with E-state index >= 15 is 0 Å². The zero-order chi connectivity index (χ0) is 11.1. The highest BCUT2D eigenvalue weighted by molar-refractivity contribution is 5.86. The summed E-state index contributed by atoms with van der Waals surface area (Å²) < 4.78 is 37.0. The van der Waals surface area contributed by atoms with E-state index in [0.717, 1.165) is 19.3 Å². The Bertz CT molecular complexity index is 260. The molecule has 0 aromatic carbocycles. The smallest absolute Gasteiger partial charge is 0.298 e. The number of carbonyl (C=O) groups is 1. The van der Waals surface area contributed by atoms with Crippen molar-refractivity contribution in [3.05, 3.63) is 0 Å². The van der Waals surface area contributed by atoms with E-state index in [0.29, 0.717) is 12.8 Å². The predicted octanol–water partition coefficient (Wildman–Crippen LogP) is 2.13. The minimum Gasteiger partial charge on any atom is -0.298 e. The minimum absolute atomic E-state index is 0.00123. The van der Waals surface area contributed by atoms with Crippen LogP contribution in [0.1, 0.15) is 32.1 Å². The fourth-order valence-corrected chi connectivity index (χ4v) is 2.25. The van der Waals surface area contributed by atoms with Crippen molar-refractivity contribution >= 4 is 5.78 Å². The van der Waals surface area contributed by atoms with Crippen LogP contribution in [-0.2, 0) is 4.79 Å². The van der Waals surface area contributed by atoms with Crippen LogP contribution < -0.4 is 0 Å². The summed E-state index contributed by atoms with van der Waals surface area (Å²) in [5.41, 5.74) is 0. The highest BCUT2D eigenvalue weighted by Crippen LogP contribution is 2.35. The van der Waals surface area contributed by atoms with E-state index in [4.69, 9.17) is 0 Å². The maximum Gasteiger partial charge on any atom is 0.401 e. The van der Waals surface area contributed by atoms with E-state index in [1.807, 2.05) is 0 Å². The molecule has 2 aliphatic carbocycles. The van der Waals surface area contributed by atoms with Crippen LogP contribution in [0.5, 0.6) is 0 Å². The molecule has 1 atom stereocenters. The second kappa shape index (κ2) is 3.77. The predicted molar refractivity (Wildman–Crippen MR) is 48.4 cm³/mol. The molecule has 0 N–H and O–H groups in total. The van der Waals surface area contributed by atoms with E-state index in [1.165, 1.54) is 4.90 Å². The van der Waals surface area contributed by atoms with Gasteiger partial charge in [-0.3, -0.25) is 9.69 Å². The van der Waals surface area contributed by atoms with Gasteiger partial charge < -0.3 is 0 Å². The first kappa shape index (κ1) is 10.9. The van der Waals surface area contributed by atoms with Crippen LogP contribution in [0.4, 0.5) is 13.2 Å². The molecule has 0 bridgehead atoms. The molecule has 0 saturated heterocycles. The van der Waals surface area contributed by atoms with Crippen LogP contribution >= 0.6 is 0 Å². The van der Waals surface area contributed by atoms with Crippen molar-refractivity contribution in [2.24, 2.45) is 0 Å². The highest BCUT2D eigenvalue weighted by Gasteiger charge is 2.44. The SMILES string of the molecule is O=C1CCCC1N(CC(F)(F)F)C1CC1. The molecule has 0 amide bonds. The molecular formula is C10H14F3NO. The van der Waals surface area contributed by atoms with Crippen molar-refractivity contribution in [2.75, 3.05) is 6.54 Å². The second-order valence-corrected chi connectivity index (χ2v) is 4.39. The number of ketones is 1. The lowest BCUT2D eigenvalue weighted by molar-refractivity contribution is -0.154. The number of alkyl halides is 3. The molecule has 86 valence electrons. The van der Waals surface area contributed by atoms with Gasteiger partial charge in [-0.15, -0.1) is 0 Å². The summed E-state index contributed by atoms with van der Waals surface area (Å²) >= 11 is 0. The maximum atomic E-state index is 12.3. The summed E-state index contributed by atoms with van der Waals surface area (Å²) in [6.45, 7) is -0.923. The lowest BCUT2D eigenvalue weighted by Gasteiger charge is -2.28. The fraction of sp³-hybridized carbons (Fsp3) is 0.900. The molecule has 2 fully saturated rings. The van der Waals surface area contributed by atoms with Crippen LogP contribution in [0.3, 0.4) is 0 Å². The lowest BCUT2D eigenvalue weighted by atomic mass is 10.2. The average molecular weight is 221 g/mol. The topological polar surface area (TPSA) is 20.3 Å². The summed E-state index contributed by atoms with van der Waals surface area (Å²) in [7, 11) is 0. The summed E-state index contributed by atoms with van der Waals surface area (Å²) in [6.07, 6.45) is -0.785. The summed E-state index contributed by atoms with van der Waals surface area (Å²) in [6, 6.07) is -0.460. The summed E-state index contributed by atoms with van der Waals surface area (Å²) in [5, 5.41) is 0. The first-order valence-corrected chi connectivity index (χ1v) is 5.32. The third-order valence-corrected chi connectivity index (χ3v) is 3.05. The van der Waals surface area contributed by atoms with Crippen molar-refractivity contribution < 1.29 is 18.0 Å². The number of hydrogen-bond acceptors (Lipinski definition) is 2. The molecule has 2 saturated carbocycles. The van der Waals surface area contributed by atoms with E-state index < -0.39 is 18.8 Å². The van der Waals surface area contributed by atoms with Crippen LogP contribution in [0.25, 0.3) is 0 Å². The Kier molecular flexibility index (Phi) is 2.75. The molecule has 5 heteroatoms. The first-order valence-electron chi connectivity index (χ1n) is 5.32. The van der Waals surface area contributed by atoms with E-state index in [2.05, 4.69) is 0 Å². The molecule has 2 rings (SSSR count). The molecule has 2 nitrogen and oxygen atoms in total. The molecule has 1 unspecified atom stereocenters. The molecule has 0 radical (unpaired) electrons. The van der Waals surface area contributed by atoms with Gasteiger partial charge in [0.1, 0.15) is 5.78 Å². The number of halogens is 3. The van der Waals surface area contributed by atoms with Crippen LogP contribution in [-0.4, -0.2) is 35.5 Å². The molecule has 15 heavy (non-hydrogen) atoms. The third kappa shape index (κ3) is 2.71. The second-order valence-electron chi connectivity index (χ2n) is 4.39. The van der Waals surface area contributed by atoms with Crippen molar-refractivity contribution in [1.29, 1.82) is 0 Å². The maximum absolute atomic E-state index is 12.3. The zero-order valence-electron chi connectivity index (χ0n) is 8.39. The van der Waals surface area contributed by atoms with Crippen molar-refractivity contribution in [1.82, 2.24) is 4.90 Å². The minimum atomic E-state index is -4.19. The third-order valence-electron chi connectivity index (χ3n) is 3.05. The summed E-state index contributed by atoms with van der Waals surface area (Å²) in [5.74, 6) is -0.00819. The van der Waals surface area contributed by atoms with Crippen molar-refractivity contribution in [3.63, 3.8) is 0 Å². The van der Waals surface area contributed by atoms with Crippen LogP contribution in [0, 0.1) is 0 Å². The van der Waals surface area contributed by atoms with Crippen molar-refractivity contribution in [2.45, 2.75) is 50.4 Å². The van der Waals surface area contributed by atoms with E-state index in [1.54, 1.807) is 0 Å². The van der Waals surface area contributed by atoms with Gasteiger partial charge in [0, 0.05) is 12.5 Å². The Labute approximate surface area is 86.4 Å². The van der Waals surface area contributed by atoms with Gasteiger partial charge in [0.15, 0.2) is 0 Å². The molecule has 0 aromatic rings. The normalized spacial score (nSPS) is 27.7. The quantitative estimate of drug-likeness (QED) is 0.727. The number of rotatable bonds is 3. The molecule has 0 aromatic heterocycles. The standard InChI is InChI=1S/C10H14F3NO/c11-10(12,13)6-14(7-4-5-7)8-2-1-3-9(8)15/h7-8H,1-6H2. The van der Waals surface area contributed by atoms with Gasteiger partial charge >= 0.3 is 6.18 Å². The van der Waals surface area contributed by atoms with Gasteiger partial charge in [-0.1, -0.05) is 0 Å².